The van der Waals surface area contributed by atoms with Crippen LogP contribution >= 0.6 is 0 Å². The van der Waals surface area contributed by atoms with E-state index in [9.17, 15) is 83.4 Å². The van der Waals surface area contributed by atoms with Gasteiger partial charge in [0.1, 0.15) is 0 Å². The zero-order chi connectivity index (χ0) is 31.6. The fourth-order valence-corrected chi connectivity index (χ4v) is 10.7. The van der Waals surface area contributed by atoms with E-state index in [1.54, 1.807) is 0 Å². The topological polar surface area (TPSA) is 0 Å². The Bertz CT molecular complexity index is 1040. The number of alkyl halides is 19. The number of halogens is 19. The van der Waals surface area contributed by atoms with Crippen molar-refractivity contribution in [2.75, 3.05) is 0 Å². The molecule has 40 heavy (non-hydrogen) atoms. The van der Waals surface area contributed by atoms with E-state index >= 15 is 0 Å². The van der Waals surface area contributed by atoms with Crippen LogP contribution < -0.4 is 3.61 Å². The molecule has 1 radical (unpaired) electrons. The number of rotatable bonds is 9. The Morgan fingerprint density at radius 2 is 0.975 bits per heavy atom. The number of hydrogen-bond acceptors (Lipinski definition) is 0. The van der Waals surface area contributed by atoms with Crippen LogP contribution in [0.5, 0.6) is 0 Å². The van der Waals surface area contributed by atoms with E-state index in [2.05, 4.69) is 0 Å². The van der Waals surface area contributed by atoms with E-state index in [-0.39, 0.29) is 4.47 Å². The molecular weight excluding hydrogens is 729 g/mol. The van der Waals surface area contributed by atoms with Gasteiger partial charge in [0.15, 0.2) is 0 Å². The van der Waals surface area contributed by atoms with E-state index < -0.39 is 84.0 Å². The Balaban J connectivity index is 2.51. The minimum atomic E-state index is -8.98. The Kier molecular flexibility index (Phi) is 8.85. The molecule has 2 rings (SSSR count). The van der Waals surface area contributed by atoms with Gasteiger partial charge >= 0.3 is 218 Å². The molecule has 233 valence electrons. The zero-order valence-electron chi connectivity index (χ0n) is 18.9. The van der Waals surface area contributed by atoms with Gasteiger partial charge in [0.05, 0.1) is 0 Å². The molecule has 0 atom stereocenters. The average Bonchev–Trinajstić information content (AvgIpc) is 2.79. The molecule has 1 aromatic rings. The van der Waals surface area contributed by atoms with Crippen molar-refractivity contribution < 1.29 is 83.4 Å². The summed E-state index contributed by atoms with van der Waals surface area (Å²) in [6.07, 6.45) is -18.2. The molecule has 0 N–H and O–H groups in total. The van der Waals surface area contributed by atoms with Crippen molar-refractivity contribution in [3.63, 3.8) is 0 Å². The van der Waals surface area contributed by atoms with Crippen LogP contribution in [0.15, 0.2) is 24.3 Å². The molecule has 0 nitrogen and oxygen atoms in total. The molecule has 0 bridgehead atoms. The molecule has 1 aliphatic rings. The maximum atomic E-state index is 14.3. The molecule has 1 aromatic carbocycles. The van der Waals surface area contributed by atoms with E-state index in [1.807, 2.05) is 0 Å². The second kappa shape index (κ2) is 10.1. The first-order valence-corrected chi connectivity index (χ1v) is 14.9. The molecular formula is C20H14F19Te. The van der Waals surface area contributed by atoms with Crippen LogP contribution in [0.3, 0.4) is 0 Å². The van der Waals surface area contributed by atoms with Gasteiger partial charge in [-0.05, 0) is 0 Å². The van der Waals surface area contributed by atoms with Gasteiger partial charge in [0, 0.05) is 0 Å². The summed E-state index contributed by atoms with van der Waals surface area (Å²) in [5, 5.41) is 0. The second-order valence-corrected chi connectivity index (χ2v) is 15.0. The van der Waals surface area contributed by atoms with E-state index in [4.69, 9.17) is 0 Å². The summed E-state index contributed by atoms with van der Waals surface area (Å²) >= 11 is -3.09. The molecule has 0 aromatic heterocycles. The molecule has 0 spiro atoms. The number of benzene rings is 1. The Morgan fingerprint density at radius 1 is 0.550 bits per heavy atom. The van der Waals surface area contributed by atoms with E-state index in [0.717, 1.165) is 0 Å². The van der Waals surface area contributed by atoms with Gasteiger partial charge in [-0.1, -0.05) is 0 Å². The molecule has 0 saturated heterocycles. The number of aryl methyl sites for hydroxylation is 1. The SMILES string of the molecule is FC(F)(F)C(F)(C(F)(F)F)C(F)(F)C(F)(F)C(F)(F)C(F)(F)C(F)(F)C(F)(F)CC[Te]1CCCc2ccccc21. The molecule has 0 aliphatic carbocycles. The van der Waals surface area contributed by atoms with E-state index in [0.29, 0.717) is 22.0 Å². The molecule has 20 heteroatoms. The Morgan fingerprint density at radius 3 is 1.45 bits per heavy atom. The second-order valence-electron chi connectivity index (χ2n) is 8.59. The summed E-state index contributed by atoms with van der Waals surface area (Å²) in [7, 11) is 0. The van der Waals surface area contributed by atoms with Gasteiger partial charge in [0.2, 0.25) is 0 Å². The predicted octanol–water partition coefficient (Wildman–Crippen LogP) is 8.37. The van der Waals surface area contributed by atoms with Crippen LogP contribution in [0.2, 0.25) is 8.94 Å². The summed E-state index contributed by atoms with van der Waals surface area (Å²) in [4.78, 5) is 0. The van der Waals surface area contributed by atoms with Crippen LogP contribution in [0.25, 0.3) is 0 Å². The van der Waals surface area contributed by atoms with Crippen molar-refractivity contribution in [3.8, 4) is 0 Å². The summed E-state index contributed by atoms with van der Waals surface area (Å²) in [6, 6.07) is 5.80. The first kappa shape index (κ1) is 34.9. The van der Waals surface area contributed by atoms with Crippen LogP contribution in [0.1, 0.15) is 18.4 Å². The van der Waals surface area contributed by atoms with Crippen molar-refractivity contribution >= 4 is 23.2 Å². The summed E-state index contributed by atoms with van der Waals surface area (Å²) in [5.41, 5.74) is -8.14. The number of hydrogen-bond donors (Lipinski definition) is 0. The summed E-state index contributed by atoms with van der Waals surface area (Å²) in [6.45, 7) is 0. The van der Waals surface area contributed by atoms with Crippen LogP contribution in [0.4, 0.5) is 83.4 Å². The molecule has 1 aliphatic heterocycles. The van der Waals surface area contributed by atoms with Gasteiger partial charge in [-0.25, -0.2) is 0 Å². The van der Waals surface area contributed by atoms with Crippen molar-refractivity contribution in [2.24, 2.45) is 0 Å². The molecule has 0 unspecified atom stereocenters. The quantitative estimate of drug-likeness (QED) is 0.176. The third-order valence-electron chi connectivity index (χ3n) is 6.03. The van der Waals surface area contributed by atoms with Crippen LogP contribution in [-0.2, 0) is 6.42 Å². The minimum absolute atomic E-state index is 0.131. The normalized spacial score (nSPS) is 17.7. The van der Waals surface area contributed by atoms with Crippen LogP contribution in [-0.4, -0.2) is 73.1 Å². The van der Waals surface area contributed by atoms with E-state index in [1.165, 1.54) is 24.3 Å². The summed E-state index contributed by atoms with van der Waals surface area (Å²) in [5.74, 6) is -49.4. The predicted molar refractivity (Wildman–Crippen MR) is 100 cm³/mol. The van der Waals surface area contributed by atoms with Crippen molar-refractivity contribution in [2.45, 2.75) is 81.8 Å². The Hall–Kier alpha value is -1.32. The van der Waals surface area contributed by atoms with Crippen molar-refractivity contribution in [3.05, 3.63) is 29.8 Å². The average molecular weight is 743 g/mol. The first-order valence-electron chi connectivity index (χ1n) is 10.4. The number of fused-ring (bicyclic) bond motifs is 1. The molecule has 0 fully saturated rings. The van der Waals surface area contributed by atoms with Crippen molar-refractivity contribution in [1.82, 2.24) is 0 Å². The fourth-order valence-electron chi connectivity index (χ4n) is 3.71. The van der Waals surface area contributed by atoms with Crippen molar-refractivity contribution in [1.29, 1.82) is 0 Å². The first-order chi connectivity index (χ1) is 17.6. The standard InChI is InChI=1S/C20H14F19Te/c21-12(22,7-9-40-8-3-5-10-4-1-2-6-11(10)40)14(24,25)16(28,29)18(32,33)17(30,31)15(26,27)13(23,19(34,35)36)20(37,38)39/h1-2,4,6H,3,5,7-9H2. The monoisotopic (exact) mass is 745 g/mol. The molecule has 1 heterocycles. The molecule has 0 amide bonds. The third-order valence-corrected chi connectivity index (χ3v) is 13.2. The van der Waals surface area contributed by atoms with Gasteiger partial charge < -0.3 is 0 Å². The Labute approximate surface area is 218 Å². The summed E-state index contributed by atoms with van der Waals surface area (Å²) < 4.78 is 256. The van der Waals surface area contributed by atoms with Gasteiger partial charge in [-0.3, -0.25) is 0 Å². The zero-order valence-corrected chi connectivity index (χ0v) is 21.3. The van der Waals surface area contributed by atoms with Gasteiger partial charge in [-0.15, -0.1) is 0 Å². The van der Waals surface area contributed by atoms with Gasteiger partial charge in [-0.2, -0.15) is 0 Å². The van der Waals surface area contributed by atoms with Gasteiger partial charge in [0.25, 0.3) is 0 Å². The third kappa shape index (κ3) is 4.89. The maximum absolute atomic E-state index is 14.3. The van der Waals surface area contributed by atoms with Crippen LogP contribution in [0, 0.1) is 0 Å². The fraction of sp³-hybridized carbons (Fsp3) is 0.700. The molecule has 0 saturated carbocycles.